The molecular weight excluding hydrogens is 261 g/mol. The molecule has 1 unspecified atom stereocenters. The van der Waals surface area contributed by atoms with Crippen molar-refractivity contribution in [2.75, 3.05) is 16.4 Å². The third-order valence-electron chi connectivity index (χ3n) is 3.72. The molecule has 0 saturated heterocycles. The van der Waals surface area contributed by atoms with Crippen LogP contribution in [0.1, 0.15) is 33.3 Å². The Labute approximate surface area is 114 Å². The van der Waals surface area contributed by atoms with E-state index in [1.54, 1.807) is 30.9 Å². The first-order valence-corrected chi connectivity index (χ1v) is 7.18. The number of rotatable bonds is 2. The number of amides is 1. The fraction of sp³-hybridized carbons (Fsp3) is 0.462. The highest BCUT2D eigenvalue weighted by Crippen LogP contribution is 2.48. The van der Waals surface area contributed by atoms with Crippen LogP contribution in [0.4, 0.5) is 17.1 Å². The number of fused-ring (bicyclic) bond motifs is 1. The van der Waals surface area contributed by atoms with Gasteiger partial charge in [0, 0.05) is 0 Å². The Morgan fingerprint density at radius 1 is 1.21 bits per heavy atom. The summed E-state index contributed by atoms with van der Waals surface area (Å²) in [5.74, 6) is -0.0687. The average molecular weight is 281 g/mol. The molecule has 1 aliphatic heterocycles. The van der Waals surface area contributed by atoms with Crippen LogP contribution in [0.25, 0.3) is 0 Å². The van der Waals surface area contributed by atoms with E-state index in [0.717, 1.165) is 11.3 Å². The van der Waals surface area contributed by atoms with Gasteiger partial charge in [0.1, 0.15) is 0 Å². The molecule has 0 fully saturated rings. The summed E-state index contributed by atoms with van der Waals surface area (Å²) in [6.07, 6.45) is 0. The number of hydrogen-bond donors (Lipinski definition) is 2. The first kappa shape index (κ1) is 13.9. The highest BCUT2D eigenvalue weighted by atomic mass is 31.1. The fourth-order valence-electron chi connectivity index (χ4n) is 2.44. The van der Waals surface area contributed by atoms with Crippen molar-refractivity contribution >= 4 is 31.4 Å². The van der Waals surface area contributed by atoms with Gasteiger partial charge in [-0.05, 0) is 45.4 Å². The van der Waals surface area contributed by atoms with Crippen LogP contribution in [0.5, 0.6) is 0 Å². The SMILES string of the molecule is CC1(C)C(=O)N(C(C)(C)[PH2]=O)c2cc(N)c(N)cc21. The van der Waals surface area contributed by atoms with E-state index >= 15 is 0 Å². The Bertz CT molecular complexity index is 581. The predicted octanol–water partition coefficient (Wildman–Crippen LogP) is 1.97. The van der Waals surface area contributed by atoms with Gasteiger partial charge in [0.25, 0.3) is 0 Å². The number of nitrogens with two attached hydrogens (primary N) is 2. The Kier molecular flexibility index (Phi) is 2.94. The molecule has 0 aromatic heterocycles. The largest absolute Gasteiger partial charge is 0.397 e. The third kappa shape index (κ3) is 1.84. The Balaban J connectivity index is 2.74. The highest BCUT2D eigenvalue weighted by Gasteiger charge is 2.49. The summed E-state index contributed by atoms with van der Waals surface area (Å²) in [6.45, 7) is 7.29. The minimum Gasteiger partial charge on any atom is -0.397 e. The Morgan fingerprint density at radius 3 is 2.26 bits per heavy atom. The second-order valence-corrected chi connectivity index (χ2v) is 7.68. The van der Waals surface area contributed by atoms with Crippen LogP contribution >= 0.6 is 8.46 Å². The molecular formula is C13H20N3O2P. The van der Waals surface area contributed by atoms with Crippen LogP contribution in [-0.4, -0.2) is 11.2 Å². The smallest absolute Gasteiger partial charge is 0.238 e. The van der Waals surface area contributed by atoms with Crippen LogP contribution < -0.4 is 16.4 Å². The zero-order valence-electron chi connectivity index (χ0n) is 11.7. The lowest BCUT2D eigenvalue weighted by Crippen LogP contribution is -2.46. The highest BCUT2D eigenvalue weighted by molar-refractivity contribution is 7.26. The molecule has 104 valence electrons. The minimum absolute atomic E-state index is 0.0687. The molecule has 6 heteroatoms. The van der Waals surface area contributed by atoms with Gasteiger partial charge < -0.3 is 16.0 Å². The molecule has 0 saturated carbocycles. The Morgan fingerprint density at radius 2 is 1.74 bits per heavy atom. The average Bonchev–Trinajstić information content (AvgIpc) is 2.50. The monoisotopic (exact) mass is 281 g/mol. The lowest BCUT2D eigenvalue weighted by Gasteiger charge is -2.32. The summed E-state index contributed by atoms with van der Waals surface area (Å²) in [5, 5.41) is -0.706. The van der Waals surface area contributed by atoms with Crippen molar-refractivity contribution in [1.82, 2.24) is 0 Å². The molecule has 1 aliphatic rings. The molecule has 1 aromatic carbocycles. The maximum Gasteiger partial charge on any atom is 0.238 e. The second-order valence-electron chi connectivity index (χ2n) is 6.04. The van der Waals surface area contributed by atoms with Gasteiger partial charge in [0.05, 0.1) is 36.2 Å². The zero-order chi connectivity index (χ0) is 14.6. The molecule has 2 rings (SSSR count). The minimum atomic E-state index is -1.14. The van der Waals surface area contributed by atoms with E-state index in [9.17, 15) is 9.36 Å². The maximum absolute atomic E-state index is 12.6. The van der Waals surface area contributed by atoms with Gasteiger partial charge in [-0.3, -0.25) is 9.69 Å². The summed E-state index contributed by atoms with van der Waals surface area (Å²) in [6, 6.07) is 3.45. The van der Waals surface area contributed by atoms with E-state index in [1.807, 2.05) is 13.8 Å². The zero-order valence-corrected chi connectivity index (χ0v) is 12.8. The van der Waals surface area contributed by atoms with E-state index in [4.69, 9.17) is 11.5 Å². The van der Waals surface area contributed by atoms with Crippen LogP contribution in [0.3, 0.4) is 0 Å². The Hall–Kier alpha value is -1.48. The van der Waals surface area contributed by atoms with Gasteiger partial charge in [-0.25, -0.2) is 0 Å². The number of carbonyl (C=O) groups excluding carboxylic acids is 1. The van der Waals surface area contributed by atoms with E-state index in [2.05, 4.69) is 0 Å². The van der Waals surface area contributed by atoms with Crippen molar-refractivity contribution in [2.45, 2.75) is 38.4 Å². The van der Waals surface area contributed by atoms with E-state index in [0.29, 0.717) is 11.4 Å². The second kappa shape index (κ2) is 4.01. The van der Waals surface area contributed by atoms with Crippen LogP contribution in [0.15, 0.2) is 12.1 Å². The molecule has 1 amide bonds. The van der Waals surface area contributed by atoms with Crippen molar-refractivity contribution in [3.8, 4) is 0 Å². The molecule has 5 nitrogen and oxygen atoms in total. The molecule has 1 heterocycles. The number of nitrogens with zero attached hydrogens (tertiary/aromatic N) is 1. The lowest BCUT2D eigenvalue weighted by atomic mass is 9.86. The van der Waals surface area contributed by atoms with Crippen LogP contribution in [0, 0.1) is 0 Å². The van der Waals surface area contributed by atoms with Gasteiger partial charge in [-0.2, -0.15) is 0 Å². The number of hydrogen-bond acceptors (Lipinski definition) is 4. The standard InChI is InChI=1S/C13H20N3O2P/c1-12(2)7-5-8(14)9(15)6-10(7)16(11(12)17)13(3,4)19-18/h5-6H,14-15,19H2,1-4H3. The number of nitrogen functional groups attached to an aromatic ring is 2. The molecule has 4 N–H and O–H groups in total. The molecule has 0 aliphatic carbocycles. The molecule has 1 aromatic rings. The van der Waals surface area contributed by atoms with Gasteiger partial charge in [-0.15, -0.1) is 0 Å². The predicted molar refractivity (Wildman–Crippen MR) is 80.3 cm³/mol. The van der Waals surface area contributed by atoms with Crippen LogP contribution in [0.2, 0.25) is 0 Å². The van der Waals surface area contributed by atoms with Crippen molar-refractivity contribution in [3.63, 3.8) is 0 Å². The molecule has 0 radical (unpaired) electrons. The van der Waals surface area contributed by atoms with Crippen molar-refractivity contribution in [3.05, 3.63) is 17.7 Å². The topological polar surface area (TPSA) is 89.4 Å². The summed E-state index contributed by atoms with van der Waals surface area (Å²) < 4.78 is 11.5. The number of benzene rings is 1. The molecule has 0 spiro atoms. The van der Waals surface area contributed by atoms with Crippen molar-refractivity contribution in [2.24, 2.45) is 0 Å². The summed E-state index contributed by atoms with van der Waals surface area (Å²) in [7, 11) is -1.14. The quantitative estimate of drug-likeness (QED) is 0.640. The van der Waals surface area contributed by atoms with Crippen molar-refractivity contribution < 1.29 is 9.36 Å². The fourth-order valence-corrected chi connectivity index (χ4v) is 2.80. The van der Waals surface area contributed by atoms with Crippen LogP contribution in [-0.2, 0) is 14.8 Å². The van der Waals surface area contributed by atoms with Gasteiger partial charge in [0.2, 0.25) is 5.91 Å². The molecule has 1 atom stereocenters. The van der Waals surface area contributed by atoms with E-state index < -0.39 is 19.2 Å². The molecule has 0 bridgehead atoms. The van der Waals surface area contributed by atoms with Gasteiger partial charge in [-0.1, -0.05) is 0 Å². The third-order valence-corrected chi connectivity index (χ3v) is 4.55. The molecule has 19 heavy (non-hydrogen) atoms. The van der Waals surface area contributed by atoms with Gasteiger partial charge >= 0.3 is 0 Å². The number of anilines is 3. The normalized spacial score (nSPS) is 18.3. The van der Waals surface area contributed by atoms with Crippen molar-refractivity contribution in [1.29, 1.82) is 0 Å². The summed E-state index contributed by atoms with van der Waals surface area (Å²) >= 11 is 0. The van der Waals surface area contributed by atoms with E-state index in [-0.39, 0.29) is 5.91 Å². The summed E-state index contributed by atoms with van der Waals surface area (Å²) in [4.78, 5) is 14.2. The summed E-state index contributed by atoms with van der Waals surface area (Å²) in [5.41, 5.74) is 13.5. The van der Waals surface area contributed by atoms with Gasteiger partial charge in [0.15, 0.2) is 0 Å². The lowest BCUT2D eigenvalue weighted by molar-refractivity contribution is -0.122. The first-order valence-electron chi connectivity index (χ1n) is 6.13. The van der Waals surface area contributed by atoms with E-state index in [1.165, 1.54) is 0 Å². The maximum atomic E-state index is 12.6. The first-order chi connectivity index (χ1) is 8.63. The number of carbonyl (C=O) groups is 1.